The molecule has 0 aliphatic rings. The molecule has 3 aromatic rings. The highest BCUT2D eigenvalue weighted by atomic mass is 16.3. The number of nitrogens with zero attached hydrogens (tertiary/aromatic N) is 2. The summed E-state index contributed by atoms with van der Waals surface area (Å²) in [6, 6.07) is 10.5. The Morgan fingerprint density at radius 1 is 1.19 bits per heavy atom. The summed E-state index contributed by atoms with van der Waals surface area (Å²) in [4.78, 5) is 16.9. The molecule has 2 N–H and O–H groups in total. The number of hydrogen-bond donors (Lipinski definition) is 2. The van der Waals surface area contributed by atoms with Gasteiger partial charge in [0.25, 0.3) is 5.91 Å². The molecular weight excluding hydrogens is 266 g/mol. The first-order valence-electron chi connectivity index (χ1n) is 6.61. The number of phenolic OH excluding ortho intramolecular Hbond substituents is 1. The number of anilines is 1. The first kappa shape index (κ1) is 13.2. The quantitative estimate of drug-likeness (QED) is 0.710. The van der Waals surface area contributed by atoms with Crippen LogP contribution < -0.4 is 5.32 Å². The van der Waals surface area contributed by atoms with Crippen molar-refractivity contribution < 1.29 is 9.90 Å². The normalized spacial score (nSPS) is 10.8. The van der Waals surface area contributed by atoms with Gasteiger partial charge in [-0.1, -0.05) is 18.2 Å². The van der Waals surface area contributed by atoms with E-state index in [1.54, 1.807) is 29.5 Å². The Morgan fingerprint density at radius 2 is 1.95 bits per heavy atom. The summed E-state index contributed by atoms with van der Waals surface area (Å²) >= 11 is 0. The maximum absolute atomic E-state index is 12.5. The standard InChI is InChI=1S/C16H15N3O2/c1-10-7-8-14-17-11(2)15(19(14)9-10)16(21)18-12-5-3-4-6-13(12)20/h3-9,20H,1-2H3,(H,18,21). The fourth-order valence-corrected chi connectivity index (χ4v) is 2.30. The van der Waals surface area contributed by atoms with Gasteiger partial charge >= 0.3 is 0 Å². The van der Waals surface area contributed by atoms with Crippen LogP contribution in [0, 0.1) is 13.8 Å². The molecule has 0 saturated heterocycles. The van der Waals surface area contributed by atoms with Crippen molar-refractivity contribution in [3.63, 3.8) is 0 Å². The van der Waals surface area contributed by atoms with Gasteiger partial charge in [-0.25, -0.2) is 4.98 Å². The molecule has 1 amide bonds. The third kappa shape index (κ3) is 2.33. The van der Waals surface area contributed by atoms with Gasteiger partial charge in [-0.05, 0) is 37.6 Å². The second-order valence-corrected chi connectivity index (χ2v) is 4.95. The SMILES string of the molecule is Cc1ccc2nc(C)c(C(=O)Nc3ccccc3O)n2c1. The summed E-state index contributed by atoms with van der Waals surface area (Å²) < 4.78 is 1.76. The third-order valence-corrected chi connectivity index (χ3v) is 3.31. The molecule has 0 radical (unpaired) electrons. The molecule has 2 aromatic heterocycles. The number of benzene rings is 1. The number of nitrogens with one attached hydrogen (secondary N) is 1. The number of hydrogen-bond acceptors (Lipinski definition) is 3. The Balaban J connectivity index is 2.04. The molecule has 106 valence electrons. The van der Waals surface area contributed by atoms with Crippen LogP contribution >= 0.6 is 0 Å². The van der Waals surface area contributed by atoms with Crippen molar-refractivity contribution in [2.24, 2.45) is 0 Å². The smallest absolute Gasteiger partial charge is 0.274 e. The number of phenols is 1. The van der Waals surface area contributed by atoms with Crippen LogP contribution in [0.15, 0.2) is 42.6 Å². The molecule has 0 aliphatic heterocycles. The van der Waals surface area contributed by atoms with Gasteiger partial charge < -0.3 is 10.4 Å². The van der Waals surface area contributed by atoms with E-state index in [9.17, 15) is 9.90 Å². The molecule has 5 nitrogen and oxygen atoms in total. The number of imidazole rings is 1. The first-order chi connectivity index (χ1) is 10.1. The number of para-hydroxylation sites is 2. The minimum atomic E-state index is -0.299. The third-order valence-electron chi connectivity index (χ3n) is 3.31. The van der Waals surface area contributed by atoms with E-state index < -0.39 is 0 Å². The Bertz CT molecular complexity index is 837. The lowest BCUT2D eigenvalue weighted by Crippen LogP contribution is -2.15. The number of aryl methyl sites for hydroxylation is 2. The number of rotatable bonds is 2. The monoisotopic (exact) mass is 281 g/mol. The zero-order valence-electron chi connectivity index (χ0n) is 11.8. The van der Waals surface area contributed by atoms with Crippen molar-refractivity contribution in [1.29, 1.82) is 0 Å². The molecule has 0 atom stereocenters. The molecule has 2 heterocycles. The van der Waals surface area contributed by atoms with E-state index >= 15 is 0 Å². The van der Waals surface area contributed by atoms with Crippen molar-refractivity contribution in [3.05, 3.63) is 59.5 Å². The highest BCUT2D eigenvalue weighted by Crippen LogP contribution is 2.23. The molecule has 21 heavy (non-hydrogen) atoms. The van der Waals surface area contributed by atoms with Gasteiger partial charge in [0.05, 0.1) is 11.4 Å². The highest BCUT2D eigenvalue weighted by molar-refractivity contribution is 6.05. The fourth-order valence-electron chi connectivity index (χ4n) is 2.30. The van der Waals surface area contributed by atoms with E-state index in [4.69, 9.17) is 0 Å². The topological polar surface area (TPSA) is 66.6 Å². The lowest BCUT2D eigenvalue weighted by Gasteiger charge is -2.08. The molecule has 0 bridgehead atoms. The minimum absolute atomic E-state index is 0.0357. The average molecular weight is 281 g/mol. The van der Waals surface area contributed by atoms with E-state index in [0.29, 0.717) is 17.1 Å². The Morgan fingerprint density at radius 3 is 2.71 bits per heavy atom. The van der Waals surface area contributed by atoms with Gasteiger partial charge in [0, 0.05) is 6.20 Å². The van der Waals surface area contributed by atoms with Crippen LogP contribution in [0.1, 0.15) is 21.7 Å². The van der Waals surface area contributed by atoms with Crippen LogP contribution in [-0.2, 0) is 0 Å². The van der Waals surface area contributed by atoms with Gasteiger partial charge in [-0.3, -0.25) is 9.20 Å². The largest absolute Gasteiger partial charge is 0.506 e. The van der Waals surface area contributed by atoms with Crippen molar-refractivity contribution in [2.75, 3.05) is 5.32 Å². The maximum Gasteiger partial charge on any atom is 0.274 e. The number of carbonyl (C=O) groups excluding carboxylic acids is 1. The van der Waals surface area contributed by atoms with Gasteiger partial charge in [0.15, 0.2) is 0 Å². The molecular formula is C16H15N3O2. The second kappa shape index (κ2) is 4.94. The average Bonchev–Trinajstić information content (AvgIpc) is 2.76. The summed E-state index contributed by atoms with van der Waals surface area (Å²) in [6.07, 6.45) is 1.87. The van der Waals surface area contributed by atoms with Crippen molar-refractivity contribution in [1.82, 2.24) is 9.38 Å². The molecule has 0 aliphatic carbocycles. The Kier molecular flexibility index (Phi) is 3.10. The van der Waals surface area contributed by atoms with E-state index in [1.807, 2.05) is 25.3 Å². The zero-order valence-corrected chi connectivity index (χ0v) is 11.8. The number of aromatic hydroxyl groups is 1. The lowest BCUT2D eigenvalue weighted by atomic mass is 10.2. The van der Waals surface area contributed by atoms with Crippen LogP contribution in [0.4, 0.5) is 5.69 Å². The van der Waals surface area contributed by atoms with E-state index in [2.05, 4.69) is 10.3 Å². The van der Waals surface area contributed by atoms with Crippen molar-refractivity contribution >= 4 is 17.2 Å². The van der Waals surface area contributed by atoms with Crippen molar-refractivity contribution in [3.8, 4) is 5.75 Å². The first-order valence-corrected chi connectivity index (χ1v) is 6.61. The summed E-state index contributed by atoms with van der Waals surface area (Å²) in [6.45, 7) is 3.75. The van der Waals surface area contributed by atoms with Crippen LogP contribution in [0.3, 0.4) is 0 Å². The van der Waals surface area contributed by atoms with Crippen LogP contribution in [0.25, 0.3) is 5.65 Å². The summed E-state index contributed by atoms with van der Waals surface area (Å²) in [5.74, 6) is -0.263. The lowest BCUT2D eigenvalue weighted by molar-refractivity contribution is 0.102. The van der Waals surface area contributed by atoms with Gasteiger partial charge in [-0.15, -0.1) is 0 Å². The molecule has 0 unspecified atom stereocenters. The van der Waals surface area contributed by atoms with Gasteiger partial charge in [0.2, 0.25) is 0 Å². The van der Waals surface area contributed by atoms with E-state index in [-0.39, 0.29) is 11.7 Å². The zero-order chi connectivity index (χ0) is 15.0. The van der Waals surface area contributed by atoms with Crippen LogP contribution in [-0.4, -0.2) is 20.4 Å². The maximum atomic E-state index is 12.5. The summed E-state index contributed by atoms with van der Waals surface area (Å²) in [5, 5.41) is 12.5. The molecule has 3 rings (SSSR count). The van der Waals surface area contributed by atoms with Gasteiger partial charge in [-0.2, -0.15) is 0 Å². The molecule has 5 heteroatoms. The molecule has 0 saturated carbocycles. The predicted molar refractivity (Wildman–Crippen MR) is 80.7 cm³/mol. The Labute approximate surface area is 121 Å². The summed E-state index contributed by atoms with van der Waals surface area (Å²) in [7, 11) is 0. The Hall–Kier alpha value is -2.82. The summed E-state index contributed by atoms with van der Waals surface area (Å²) in [5.41, 5.74) is 3.26. The van der Waals surface area contributed by atoms with Gasteiger partial charge in [0.1, 0.15) is 17.1 Å². The van der Waals surface area contributed by atoms with E-state index in [1.165, 1.54) is 6.07 Å². The van der Waals surface area contributed by atoms with Crippen LogP contribution in [0.2, 0.25) is 0 Å². The molecule has 0 fully saturated rings. The molecule has 1 aromatic carbocycles. The number of fused-ring (bicyclic) bond motifs is 1. The van der Waals surface area contributed by atoms with Crippen molar-refractivity contribution in [2.45, 2.75) is 13.8 Å². The number of aromatic nitrogens is 2. The number of amides is 1. The van der Waals surface area contributed by atoms with E-state index in [0.717, 1.165) is 11.2 Å². The second-order valence-electron chi connectivity index (χ2n) is 4.95. The molecule has 0 spiro atoms. The number of pyridine rings is 1. The highest BCUT2D eigenvalue weighted by Gasteiger charge is 2.17. The minimum Gasteiger partial charge on any atom is -0.506 e. The van der Waals surface area contributed by atoms with Crippen LogP contribution in [0.5, 0.6) is 5.75 Å². The number of carbonyl (C=O) groups is 1. The predicted octanol–water partition coefficient (Wildman–Crippen LogP) is 2.91. The fraction of sp³-hybridized carbons (Fsp3) is 0.125.